The van der Waals surface area contributed by atoms with Gasteiger partial charge in [0.05, 0.1) is 10.6 Å². The molecule has 0 atom stereocenters. The number of sulfonamides is 1. The number of anilines is 1. The molecule has 0 saturated carbocycles. The second-order valence-electron chi connectivity index (χ2n) is 6.93. The molecule has 1 amide bonds. The minimum absolute atomic E-state index is 0.0642. The molecule has 0 aromatic carbocycles. The van der Waals surface area contributed by atoms with Crippen molar-refractivity contribution in [3.05, 3.63) is 47.1 Å². The molecule has 0 spiro atoms. The highest BCUT2D eigenvalue weighted by Gasteiger charge is 2.22. The predicted octanol–water partition coefficient (Wildman–Crippen LogP) is 2.38. The van der Waals surface area contributed by atoms with E-state index in [1.807, 2.05) is 12.1 Å². The summed E-state index contributed by atoms with van der Waals surface area (Å²) >= 11 is 1.39. The second kappa shape index (κ2) is 7.78. The Labute approximate surface area is 178 Å². The summed E-state index contributed by atoms with van der Waals surface area (Å²) < 4.78 is 26.2. The molecule has 10 heteroatoms. The van der Waals surface area contributed by atoms with Crippen molar-refractivity contribution in [3.8, 4) is 21.7 Å². The molecule has 0 fully saturated rings. The molecule has 1 aliphatic heterocycles. The molecule has 0 saturated heterocycles. The number of nitrogens with zero attached hydrogens (tertiary/aromatic N) is 3. The number of amides is 1. The topological polar surface area (TPSA) is 118 Å². The van der Waals surface area contributed by atoms with Gasteiger partial charge in [-0.15, -0.1) is 11.3 Å². The molecule has 0 radical (unpaired) electrons. The smallest absolute Gasteiger partial charge is 0.261 e. The van der Waals surface area contributed by atoms with Gasteiger partial charge in [0.2, 0.25) is 10.0 Å². The molecule has 1 aliphatic rings. The fourth-order valence-corrected chi connectivity index (χ4v) is 5.47. The van der Waals surface area contributed by atoms with E-state index in [9.17, 15) is 13.2 Å². The Hall–Kier alpha value is -2.82. The van der Waals surface area contributed by atoms with Crippen LogP contribution in [0.15, 0.2) is 41.6 Å². The summed E-state index contributed by atoms with van der Waals surface area (Å²) in [6, 6.07) is 7.04. The number of nitrogens with one attached hydrogen (secondary N) is 1. The lowest BCUT2D eigenvalue weighted by molar-refractivity contribution is 0.0950. The SMILES string of the molecule is CCN(C)S(=O)(=O)c1ccc(-c2cnc(N)c(-c3cc4c(s3)C(=O)NCC4)c2)nc1. The number of pyridine rings is 2. The van der Waals surface area contributed by atoms with Crippen LogP contribution in [0, 0.1) is 0 Å². The number of hydrogen-bond acceptors (Lipinski definition) is 7. The van der Waals surface area contributed by atoms with E-state index in [0.29, 0.717) is 35.0 Å². The number of carbonyl (C=O) groups is 1. The maximum Gasteiger partial charge on any atom is 0.261 e. The van der Waals surface area contributed by atoms with Gasteiger partial charge in [-0.3, -0.25) is 9.78 Å². The zero-order valence-electron chi connectivity index (χ0n) is 16.5. The number of carbonyl (C=O) groups excluding carboxylic acids is 1. The Kier molecular flexibility index (Phi) is 5.31. The molecule has 4 heterocycles. The van der Waals surface area contributed by atoms with Gasteiger partial charge in [-0.25, -0.2) is 17.7 Å². The molecule has 156 valence electrons. The Morgan fingerprint density at radius 1 is 1.23 bits per heavy atom. The highest BCUT2D eigenvalue weighted by atomic mass is 32.2. The summed E-state index contributed by atoms with van der Waals surface area (Å²) in [4.78, 5) is 22.4. The average molecular weight is 444 g/mol. The summed E-state index contributed by atoms with van der Waals surface area (Å²) in [5.74, 6) is 0.298. The van der Waals surface area contributed by atoms with E-state index in [4.69, 9.17) is 5.73 Å². The van der Waals surface area contributed by atoms with Crippen molar-refractivity contribution in [3.63, 3.8) is 0 Å². The fourth-order valence-electron chi connectivity index (χ4n) is 3.20. The summed E-state index contributed by atoms with van der Waals surface area (Å²) in [5.41, 5.74) is 9.14. The Morgan fingerprint density at radius 2 is 2.03 bits per heavy atom. The third-order valence-corrected chi connectivity index (χ3v) is 8.19. The van der Waals surface area contributed by atoms with Gasteiger partial charge in [0, 0.05) is 48.5 Å². The van der Waals surface area contributed by atoms with Crippen LogP contribution in [0.2, 0.25) is 0 Å². The average Bonchev–Trinajstić information content (AvgIpc) is 3.19. The number of aromatic nitrogens is 2. The maximum atomic E-state index is 12.4. The number of nitrogen functional groups attached to an aromatic ring is 1. The number of rotatable bonds is 5. The zero-order valence-corrected chi connectivity index (χ0v) is 18.2. The van der Waals surface area contributed by atoms with E-state index >= 15 is 0 Å². The van der Waals surface area contributed by atoms with Gasteiger partial charge < -0.3 is 11.1 Å². The van der Waals surface area contributed by atoms with Gasteiger partial charge in [0.25, 0.3) is 5.91 Å². The van der Waals surface area contributed by atoms with Crippen molar-refractivity contribution >= 4 is 33.1 Å². The first kappa shape index (κ1) is 20.5. The Balaban J connectivity index is 1.70. The monoisotopic (exact) mass is 443 g/mol. The minimum atomic E-state index is -3.55. The van der Waals surface area contributed by atoms with E-state index in [2.05, 4.69) is 15.3 Å². The number of thiophene rings is 1. The summed E-state index contributed by atoms with van der Waals surface area (Å²) in [7, 11) is -2.03. The molecule has 0 bridgehead atoms. The third kappa shape index (κ3) is 3.57. The number of fused-ring (bicyclic) bond motifs is 1. The second-order valence-corrected chi connectivity index (χ2v) is 10.0. The van der Waals surface area contributed by atoms with Gasteiger partial charge in [0.15, 0.2) is 0 Å². The fraction of sp³-hybridized carbons (Fsp3) is 0.250. The first-order valence-electron chi connectivity index (χ1n) is 9.41. The molecule has 3 aromatic heterocycles. The number of hydrogen-bond donors (Lipinski definition) is 2. The predicted molar refractivity (Wildman–Crippen MR) is 117 cm³/mol. The van der Waals surface area contributed by atoms with Crippen LogP contribution in [0.4, 0.5) is 5.82 Å². The largest absolute Gasteiger partial charge is 0.383 e. The lowest BCUT2D eigenvalue weighted by atomic mass is 10.1. The van der Waals surface area contributed by atoms with Crippen LogP contribution in [0.25, 0.3) is 21.7 Å². The van der Waals surface area contributed by atoms with Crippen LogP contribution in [0.5, 0.6) is 0 Å². The Morgan fingerprint density at radius 3 is 2.70 bits per heavy atom. The Bertz CT molecular complexity index is 1220. The van der Waals surface area contributed by atoms with Crippen LogP contribution in [0.3, 0.4) is 0 Å². The van der Waals surface area contributed by atoms with E-state index < -0.39 is 10.0 Å². The van der Waals surface area contributed by atoms with Gasteiger partial charge in [0.1, 0.15) is 10.7 Å². The van der Waals surface area contributed by atoms with Crippen LogP contribution in [-0.2, 0) is 16.4 Å². The molecule has 4 rings (SSSR count). The van der Waals surface area contributed by atoms with Crippen molar-refractivity contribution in [2.24, 2.45) is 0 Å². The maximum absolute atomic E-state index is 12.4. The quantitative estimate of drug-likeness (QED) is 0.625. The molecule has 8 nitrogen and oxygen atoms in total. The number of nitrogens with two attached hydrogens (primary N) is 1. The highest BCUT2D eigenvalue weighted by Crippen LogP contribution is 2.37. The van der Waals surface area contributed by atoms with E-state index in [-0.39, 0.29) is 10.8 Å². The van der Waals surface area contributed by atoms with Gasteiger partial charge in [-0.1, -0.05) is 6.92 Å². The van der Waals surface area contributed by atoms with E-state index in [1.54, 1.807) is 19.2 Å². The van der Waals surface area contributed by atoms with Crippen LogP contribution in [-0.4, -0.2) is 48.7 Å². The van der Waals surface area contributed by atoms with Gasteiger partial charge >= 0.3 is 0 Å². The van der Waals surface area contributed by atoms with Crippen LogP contribution >= 0.6 is 11.3 Å². The molecule has 0 aliphatic carbocycles. The van der Waals surface area contributed by atoms with Gasteiger partial charge in [-0.05, 0) is 36.2 Å². The third-order valence-electron chi connectivity index (χ3n) is 5.06. The van der Waals surface area contributed by atoms with Crippen molar-refractivity contribution in [2.45, 2.75) is 18.2 Å². The van der Waals surface area contributed by atoms with E-state index in [0.717, 1.165) is 22.4 Å². The van der Waals surface area contributed by atoms with Crippen molar-refractivity contribution in [1.29, 1.82) is 0 Å². The van der Waals surface area contributed by atoms with Crippen molar-refractivity contribution < 1.29 is 13.2 Å². The zero-order chi connectivity index (χ0) is 21.5. The molecule has 3 N–H and O–H groups in total. The first-order valence-corrected chi connectivity index (χ1v) is 11.7. The van der Waals surface area contributed by atoms with E-state index in [1.165, 1.54) is 35.0 Å². The summed E-state index contributed by atoms with van der Waals surface area (Å²) in [6.45, 7) is 2.77. The minimum Gasteiger partial charge on any atom is -0.383 e. The first-order chi connectivity index (χ1) is 14.3. The molecule has 30 heavy (non-hydrogen) atoms. The molecule has 0 unspecified atom stereocenters. The van der Waals surface area contributed by atoms with Crippen molar-refractivity contribution in [2.75, 3.05) is 25.9 Å². The molecular weight excluding hydrogens is 422 g/mol. The highest BCUT2D eigenvalue weighted by molar-refractivity contribution is 7.89. The van der Waals surface area contributed by atoms with Gasteiger partial charge in [-0.2, -0.15) is 0 Å². The summed E-state index contributed by atoms with van der Waals surface area (Å²) in [5, 5.41) is 2.85. The lowest BCUT2D eigenvalue weighted by Gasteiger charge is -2.14. The van der Waals surface area contributed by atoms with Crippen LogP contribution in [0.1, 0.15) is 22.2 Å². The molecular formula is C20H21N5O3S2. The molecule has 3 aromatic rings. The van der Waals surface area contributed by atoms with Crippen molar-refractivity contribution in [1.82, 2.24) is 19.6 Å². The van der Waals surface area contributed by atoms with Crippen LogP contribution < -0.4 is 11.1 Å². The standard InChI is InChI=1S/C20H21N5O3S2/c1-3-25(2)30(27,28)14-4-5-16(23-11-14)13-8-15(19(21)24-10-13)17-9-12-6-7-22-20(26)18(12)29-17/h4-5,8-11H,3,6-7H2,1-2H3,(H2,21,24)(H,22,26). The lowest BCUT2D eigenvalue weighted by Crippen LogP contribution is -2.30. The summed E-state index contributed by atoms with van der Waals surface area (Å²) in [6.07, 6.45) is 3.74. The normalized spacial score (nSPS) is 13.9.